The molecule has 1 aromatic heterocycles. The number of carbonyl (C=O) groups is 2. The van der Waals surface area contributed by atoms with Gasteiger partial charge in [0.25, 0.3) is 0 Å². The Morgan fingerprint density at radius 1 is 1.30 bits per heavy atom. The molecule has 0 saturated heterocycles. The van der Waals surface area contributed by atoms with Gasteiger partial charge in [-0.25, -0.2) is 13.6 Å². The SMILES string of the molecule is COC(=O)C(NC(=O)C=Cc1ccco1)c1cc(F)ccc1F. The molecular weight excluding hydrogens is 308 g/mol. The first-order chi connectivity index (χ1) is 11.0. The van der Waals surface area contributed by atoms with Crippen molar-refractivity contribution in [3.8, 4) is 0 Å². The molecule has 0 aliphatic carbocycles. The van der Waals surface area contributed by atoms with Crippen LogP contribution >= 0.6 is 0 Å². The summed E-state index contributed by atoms with van der Waals surface area (Å²) in [6.45, 7) is 0. The average molecular weight is 321 g/mol. The van der Waals surface area contributed by atoms with E-state index in [9.17, 15) is 18.4 Å². The van der Waals surface area contributed by atoms with Gasteiger partial charge in [-0.2, -0.15) is 0 Å². The fourth-order valence-electron chi connectivity index (χ4n) is 1.85. The molecule has 1 unspecified atom stereocenters. The van der Waals surface area contributed by atoms with Gasteiger partial charge in [-0.3, -0.25) is 4.79 Å². The van der Waals surface area contributed by atoms with Crippen LogP contribution in [0.4, 0.5) is 8.78 Å². The Balaban J connectivity index is 2.20. The minimum absolute atomic E-state index is 0.323. The molecule has 1 N–H and O–H groups in total. The normalized spacial score (nSPS) is 12.1. The van der Waals surface area contributed by atoms with Crippen molar-refractivity contribution in [2.24, 2.45) is 0 Å². The fraction of sp³-hybridized carbons (Fsp3) is 0.125. The summed E-state index contributed by atoms with van der Waals surface area (Å²) in [5.41, 5.74) is -0.323. The van der Waals surface area contributed by atoms with Gasteiger partial charge in [-0.15, -0.1) is 0 Å². The third-order valence-corrected chi connectivity index (χ3v) is 2.93. The molecule has 0 aliphatic heterocycles. The molecule has 1 atom stereocenters. The molecule has 1 aromatic carbocycles. The quantitative estimate of drug-likeness (QED) is 0.679. The summed E-state index contributed by atoms with van der Waals surface area (Å²) in [6.07, 6.45) is 3.90. The predicted molar refractivity (Wildman–Crippen MR) is 77.0 cm³/mol. The van der Waals surface area contributed by atoms with Gasteiger partial charge in [0, 0.05) is 11.6 Å². The van der Waals surface area contributed by atoms with Gasteiger partial charge >= 0.3 is 5.97 Å². The number of nitrogens with one attached hydrogen (secondary N) is 1. The molecule has 0 fully saturated rings. The first-order valence-corrected chi connectivity index (χ1v) is 6.56. The van der Waals surface area contributed by atoms with Gasteiger partial charge in [0.1, 0.15) is 17.4 Å². The fourth-order valence-corrected chi connectivity index (χ4v) is 1.85. The molecule has 23 heavy (non-hydrogen) atoms. The molecule has 5 nitrogen and oxygen atoms in total. The van der Waals surface area contributed by atoms with Crippen molar-refractivity contribution in [2.45, 2.75) is 6.04 Å². The second-order valence-corrected chi connectivity index (χ2v) is 4.48. The van der Waals surface area contributed by atoms with Crippen LogP contribution in [0.25, 0.3) is 6.08 Å². The lowest BCUT2D eigenvalue weighted by Crippen LogP contribution is -2.34. The third kappa shape index (κ3) is 4.26. The van der Waals surface area contributed by atoms with Crippen molar-refractivity contribution < 1.29 is 27.5 Å². The molecule has 0 aliphatic rings. The number of halogens is 2. The van der Waals surface area contributed by atoms with Gasteiger partial charge in [-0.05, 0) is 36.4 Å². The third-order valence-electron chi connectivity index (χ3n) is 2.93. The van der Waals surface area contributed by atoms with E-state index in [2.05, 4.69) is 10.1 Å². The molecule has 0 bridgehead atoms. The summed E-state index contributed by atoms with van der Waals surface area (Å²) in [5.74, 6) is -2.77. The Morgan fingerprint density at radius 3 is 2.74 bits per heavy atom. The van der Waals surface area contributed by atoms with Crippen molar-refractivity contribution in [1.29, 1.82) is 0 Å². The highest BCUT2D eigenvalue weighted by Crippen LogP contribution is 2.20. The zero-order valence-corrected chi connectivity index (χ0v) is 12.1. The number of esters is 1. The Morgan fingerprint density at radius 2 is 2.09 bits per heavy atom. The highest BCUT2D eigenvalue weighted by atomic mass is 19.1. The van der Waals surface area contributed by atoms with Gasteiger partial charge < -0.3 is 14.5 Å². The Hall–Kier alpha value is -2.96. The van der Waals surface area contributed by atoms with Crippen molar-refractivity contribution in [2.75, 3.05) is 7.11 Å². The molecule has 7 heteroatoms. The Bertz CT molecular complexity index is 726. The number of hydrogen-bond acceptors (Lipinski definition) is 4. The van der Waals surface area contributed by atoms with Crippen molar-refractivity contribution in [1.82, 2.24) is 5.32 Å². The smallest absolute Gasteiger partial charge is 0.333 e. The average Bonchev–Trinajstić information content (AvgIpc) is 3.06. The Labute approximate surface area is 130 Å². The summed E-state index contributed by atoms with van der Waals surface area (Å²) in [5, 5.41) is 2.27. The number of methoxy groups -OCH3 is 1. The number of furan rings is 1. The second kappa shape index (κ2) is 7.35. The summed E-state index contributed by atoms with van der Waals surface area (Å²) in [4.78, 5) is 23.7. The van der Waals surface area contributed by atoms with Crippen LogP contribution in [0.3, 0.4) is 0 Å². The number of benzene rings is 1. The standard InChI is InChI=1S/C16H13F2NO4/c1-22-16(21)15(12-9-10(17)4-6-13(12)18)19-14(20)7-5-11-3-2-8-23-11/h2-9,15H,1H3,(H,19,20). The zero-order valence-electron chi connectivity index (χ0n) is 12.1. The molecule has 120 valence electrons. The van der Waals surface area contributed by atoms with E-state index in [-0.39, 0.29) is 5.56 Å². The Kier molecular flexibility index (Phi) is 5.24. The van der Waals surface area contributed by atoms with E-state index >= 15 is 0 Å². The van der Waals surface area contributed by atoms with E-state index in [4.69, 9.17) is 4.42 Å². The second-order valence-electron chi connectivity index (χ2n) is 4.48. The van der Waals surface area contributed by atoms with Crippen LogP contribution in [0.1, 0.15) is 17.4 Å². The lowest BCUT2D eigenvalue weighted by Gasteiger charge is -2.16. The molecular formula is C16H13F2NO4. The van der Waals surface area contributed by atoms with E-state index in [0.29, 0.717) is 5.76 Å². The minimum Gasteiger partial charge on any atom is -0.467 e. The van der Waals surface area contributed by atoms with E-state index in [1.807, 2.05) is 0 Å². The first kappa shape index (κ1) is 16.4. The van der Waals surface area contributed by atoms with Gasteiger partial charge in [0.2, 0.25) is 5.91 Å². The van der Waals surface area contributed by atoms with Crippen LogP contribution < -0.4 is 5.32 Å². The number of ether oxygens (including phenoxy) is 1. The van der Waals surface area contributed by atoms with Crippen LogP contribution in [0.5, 0.6) is 0 Å². The summed E-state index contributed by atoms with van der Waals surface area (Å²) < 4.78 is 36.6. The molecule has 1 heterocycles. The van der Waals surface area contributed by atoms with E-state index in [0.717, 1.165) is 31.4 Å². The molecule has 0 radical (unpaired) electrons. The molecule has 0 spiro atoms. The van der Waals surface area contributed by atoms with Gasteiger partial charge in [-0.1, -0.05) is 0 Å². The zero-order chi connectivity index (χ0) is 16.8. The molecule has 2 aromatic rings. The summed E-state index contributed by atoms with van der Waals surface area (Å²) in [6, 6.07) is 4.39. The van der Waals surface area contributed by atoms with E-state index in [1.54, 1.807) is 12.1 Å². The maximum absolute atomic E-state index is 13.8. The van der Waals surface area contributed by atoms with Crippen LogP contribution in [0.15, 0.2) is 47.1 Å². The maximum Gasteiger partial charge on any atom is 0.333 e. The van der Waals surface area contributed by atoms with Gasteiger partial charge in [0.05, 0.1) is 13.4 Å². The van der Waals surface area contributed by atoms with Crippen LogP contribution in [-0.2, 0) is 14.3 Å². The molecule has 1 amide bonds. The minimum atomic E-state index is -1.47. The highest BCUT2D eigenvalue weighted by Gasteiger charge is 2.26. The largest absolute Gasteiger partial charge is 0.467 e. The molecule has 2 rings (SSSR count). The number of carbonyl (C=O) groups excluding carboxylic acids is 2. The highest BCUT2D eigenvalue weighted by molar-refractivity contribution is 5.94. The summed E-state index contributed by atoms with van der Waals surface area (Å²) in [7, 11) is 1.08. The monoisotopic (exact) mass is 321 g/mol. The lowest BCUT2D eigenvalue weighted by molar-refractivity contribution is -0.144. The van der Waals surface area contributed by atoms with Gasteiger partial charge in [0.15, 0.2) is 6.04 Å². The number of hydrogen-bond donors (Lipinski definition) is 1. The van der Waals surface area contributed by atoms with E-state index < -0.39 is 29.6 Å². The maximum atomic E-state index is 13.8. The first-order valence-electron chi connectivity index (χ1n) is 6.56. The predicted octanol–water partition coefficient (Wildman–Crippen LogP) is 2.60. The topological polar surface area (TPSA) is 68.5 Å². The van der Waals surface area contributed by atoms with Crippen LogP contribution in [0, 0.1) is 11.6 Å². The number of amides is 1. The van der Waals surface area contributed by atoms with Crippen LogP contribution in [-0.4, -0.2) is 19.0 Å². The molecule has 0 saturated carbocycles. The van der Waals surface area contributed by atoms with Crippen LogP contribution in [0.2, 0.25) is 0 Å². The van der Waals surface area contributed by atoms with Crippen molar-refractivity contribution >= 4 is 18.0 Å². The van der Waals surface area contributed by atoms with E-state index in [1.165, 1.54) is 12.3 Å². The number of rotatable bonds is 5. The van der Waals surface area contributed by atoms with Crippen molar-refractivity contribution in [3.63, 3.8) is 0 Å². The van der Waals surface area contributed by atoms with Crippen molar-refractivity contribution in [3.05, 3.63) is 65.6 Å². The summed E-state index contributed by atoms with van der Waals surface area (Å²) >= 11 is 0. The lowest BCUT2D eigenvalue weighted by atomic mass is 10.1.